The molecule has 7 nitrogen and oxygen atoms in total. The first kappa shape index (κ1) is 24.5. The van der Waals surface area contributed by atoms with Gasteiger partial charge in [-0.1, -0.05) is 47.1 Å². The summed E-state index contributed by atoms with van der Waals surface area (Å²) in [6.07, 6.45) is 2.17. The summed E-state index contributed by atoms with van der Waals surface area (Å²) in [6, 6.07) is 8.68. The molecule has 1 aromatic carbocycles. The van der Waals surface area contributed by atoms with Gasteiger partial charge in [-0.3, -0.25) is 14.2 Å². The number of rotatable bonds is 9. The van der Waals surface area contributed by atoms with Gasteiger partial charge in [-0.25, -0.2) is 9.97 Å². The quantitative estimate of drug-likeness (QED) is 0.255. The Bertz CT molecular complexity index is 1170. The van der Waals surface area contributed by atoms with Gasteiger partial charge >= 0.3 is 0 Å². The van der Waals surface area contributed by atoms with E-state index in [9.17, 15) is 9.59 Å². The Morgan fingerprint density at radius 3 is 2.72 bits per heavy atom. The molecule has 2 aromatic heterocycles. The number of nitrogens with one attached hydrogen (secondary N) is 1. The zero-order valence-corrected chi connectivity index (χ0v) is 20.3. The van der Waals surface area contributed by atoms with Crippen molar-refractivity contribution in [3.8, 4) is 0 Å². The predicted octanol–water partition coefficient (Wildman–Crippen LogP) is 5.03. The van der Waals surface area contributed by atoms with E-state index in [1.54, 1.807) is 23.6 Å². The van der Waals surface area contributed by atoms with E-state index in [2.05, 4.69) is 15.3 Å². The highest BCUT2D eigenvalue weighted by atomic mass is 35.5. The summed E-state index contributed by atoms with van der Waals surface area (Å²) < 4.78 is 7.21. The normalized spacial score (nSPS) is 12.3. The average Bonchev–Trinajstić information content (AvgIpc) is 2.74. The lowest BCUT2D eigenvalue weighted by molar-refractivity contribution is -0.115. The summed E-state index contributed by atoms with van der Waals surface area (Å²) >= 11 is 13.2. The highest BCUT2D eigenvalue weighted by Crippen LogP contribution is 2.26. The number of pyridine rings is 1. The lowest BCUT2D eigenvalue weighted by Crippen LogP contribution is -2.27. The Balaban J connectivity index is 1.82. The van der Waals surface area contributed by atoms with Crippen molar-refractivity contribution in [3.63, 3.8) is 0 Å². The van der Waals surface area contributed by atoms with Crippen molar-refractivity contribution in [1.29, 1.82) is 0 Å². The number of benzene rings is 1. The van der Waals surface area contributed by atoms with Gasteiger partial charge in [0.2, 0.25) is 5.91 Å². The number of hydrogen-bond donors (Lipinski definition) is 1. The molecule has 0 aliphatic carbocycles. The molecule has 0 aliphatic rings. The number of halogens is 2. The van der Waals surface area contributed by atoms with E-state index in [0.29, 0.717) is 40.7 Å². The second-order valence-electron chi connectivity index (χ2n) is 7.37. The van der Waals surface area contributed by atoms with Crippen LogP contribution in [0, 0.1) is 0 Å². The summed E-state index contributed by atoms with van der Waals surface area (Å²) in [7, 11) is 0. The number of aromatic nitrogens is 3. The highest BCUT2D eigenvalue weighted by molar-refractivity contribution is 8.00. The van der Waals surface area contributed by atoms with Crippen LogP contribution < -0.4 is 10.9 Å². The van der Waals surface area contributed by atoms with Crippen LogP contribution in [0.15, 0.2) is 46.5 Å². The fourth-order valence-electron chi connectivity index (χ4n) is 2.91. The van der Waals surface area contributed by atoms with E-state index in [0.717, 1.165) is 0 Å². The maximum absolute atomic E-state index is 13.1. The number of para-hydroxylation sites is 1. The van der Waals surface area contributed by atoms with Crippen molar-refractivity contribution in [2.24, 2.45) is 0 Å². The third-order valence-corrected chi connectivity index (χ3v) is 6.09. The van der Waals surface area contributed by atoms with Crippen molar-refractivity contribution in [2.45, 2.75) is 50.2 Å². The Morgan fingerprint density at radius 2 is 2.00 bits per heavy atom. The Morgan fingerprint density at radius 1 is 1.25 bits per heavy atom. The molecule has 32 heavy (non-hydrogen) atoms. The molecule has 1 unspecified atom stereocenters. The van der Waals surface area contributed by atoms with E-state index < -0.39 is 5.25 Å². The summed E-state index contributed by atoms with van der Waals surface area (Å²) in [5.41, 5.74) is 0.447. The molecule has 0 aliphatic heterocycles. The van der Waals surface area contributed by atoms with Gasteiger partial charge in [-0.2, -0.15) is 0 Å². The van der Waals surface area contributed by atoms with Crippen LogP contribution in [0.4, 0.5) is 5.82 Å². The Labute approximate surface area is 200 Å². The first-order chi connectivity index (χ1) is 15.3. The number of carbonyl (C=O) groups excluding carboxylic acids is 1. The molecular formula is C22H24Cl2N4O3S. The standard InChI is InChI=1S/C22H24Cl2N4O3S/c1-13(2)31-10-6-9-28-21(30)16-7-4-5-8-18(16)26-22(28)32-14(3)20(29)27-19-17(24)11-15(23)12-25-19/h4-5,7-8,11-14H,6,9-10H2,1-3H3,(H,25,27,29). The van der Waals surface area contributed by atoms with Crippen LogP contribution in [0.1, 0.15) is 27.2 Å². The molecule has 0 spiro atoms. The monoisotopic (exact) mass is 494 g/mol. The smallest absolute Gasteiger partial charge is 0.262 e. The van der Waals surface area contributed by atoms with Gasteiger partial charge in [0.15, 0.2) is 11.0 Å². The van der Waals surface area contributed by atoms with Gasteiger partial charge in [-0.15, -0.1) is 0 Å². The molecule has 3 rings (SSSR count). The van der Waals surface area contributed by atoms with Crippen LogP contribution in [0.2, 0.25) is 10.0 Å². The van der Waals surface area contributed by atoms with Gasteiger partial charge in [0.25, 0.3) is 5.56 Å². The van der Waals surface area contributed by atoms with E-state index in [1.807, 2.05) is 26.0 Å². The number of ether oxygens (including phenoxy) is 1. The van der Waals surface area contributed by atoms with Gasteiger partial charge in [0, 0.05) is 19.3 Å². The molecule has 0 saturated heterocycles. The summed E-state index contributed by atoms with van der Waals surface area (Å²) in [4.78, 5) is 34.6. The van der Waals surface area contributed by atoms with Gasteiger partial charge in [0.05, 0.1) is 32.3 Å². The van der Waals surface area contributed by atoms with Gasteiger partial charge in [-0.05, 0) is 45.4 Å². The molecule has 3 aromatic rings. The predicted molar refractivity (Wildman–Crippen MR) is 130 cm³/mol. The molecule has 1 atom stereocenters. The first-order valence-corrected chi connectivity index (χ1v) is 11.8. The molecule has 10 heteroatoms. The number of amides is 1. The zero-order chi connectivity index (χ0) is 23.3. The number of fused-ring (bicyclic) bond motifs is 1. The molecule has 170 valence electrons. The van der Waals surface area contributed by atoms with Gasteiger partial charge < -0.3 is 10.1 Å². The van der Waals surface area contributed by atoms with Crippen molar-refractivity contribution in [2.75, 3.05) is 11.9 Å². The Kier molecular flexibility index (Phi) is 8.53. The fourth-order valence-corrected chi connectivity index (χ4v) is 4.28. The topological polar surface area (TPSA) is 86.1 Å². The van der Waals surface area contributed by atoms with Crippen LogP contribution >= 0.6 is 35.0 Å². The molecule has 0 fully saturated rings. The lowest BCUT2D eigenvalue weighted by atomic mass is 10.2. The molecule has 2 heterocycles. The molecule has 1 N–H and O–H groups in total. The molecule has 0 saturated carbocycles. The minimum Gasteiger partial charge on any atom is -0.379 e. The van der Waals surface area contributed by atoms with Crippen molar-refractivity contribution >= 4 is 57.6 Å². The third kappa shape index (κ3) is 6.22. The van der Waals surface area contributed by atoms with E-state index in [4.69, 9.17) is 27.9 Å². The first-order valence-electron chi connectivity index (χ1n) is 10.2. The van der Waals surface area contributed by atoms with Crippen LogP contribution in [0.5, 0.6) is 0 Å². The van der Waals surface area contributed by atoms with Gasteiger partial charge in [0.1, 0.15) is 0 Å². The second-order valence-corrected chi connectivity index (χ2v) is 9.53. The maximum atomic E-state index is 13.1. The fraction of sp³-hybridized carbons (Fsp3) is 0.364. The van der Waals surface area contributed by atoms with Crippen molar-refractivity contribution in [1.82, 2.24) is 14.5 Å². The summed E-state index contributed by atoms with van der Waals surface area (Å²) in [5, 5.41) is 3.76. The third-order valence-electron chi connectivity index (χ3n) is 4.50. The SMILES string of the molecule is CC(C)OCCCn1c(SC(C)C(=O)Nc2ncc(Cl)cc2Cl)nc2ccccc2c1=O. The van der Waals surface area contributed by atoms with E-state index in [-0.39, 0.29) is 28.4 Å². The zero-order valence-electron chi connectivity index (χ0n) is 18.0. The molecule has 1 amide bonds. The molecular weight excluding hydrogens is 471 g/mol. The summed E-state index contributed by atoms with van der Waals surface area (Å²) in [6.45, 7) is 6.63. The lowest BCUT2D eigenvalue weighted by Gasteiger charge is -2.17. The van der Waals surface area contributed by atoms with Crippen molar-refractivity contribution in [3.05, 3.63) is 56.9 Å². The number of anilines is 1. The number of nitrogens with zero attached hydrogens (tertiary/aromatic N) is 3. The van der Waals surface area contributed by atoms with E-state index >= 15 is 0 Å². The Hall–Kier alpha value is -2.13. The number of carbonyl (C=O) groups is 1. The largest absolute Gasteiger partial charge is 0.379 e. The van der Waals surface area contributed by atoms with Crippen LogP contribution in [-0.2, 0) is 16.1 Å². The minimum atomic E-state index is -0.560. The second kappa shape index (κ2) is 11.1. The minimum absolute atomic E-state index is 0.118. The van der Waals surface area contributed by atoms with Crippen molar-refractivity contribution < 1.29 is 9.53 Å². The molecule has 0 radical (unpaired) electrons. The van der Waals surface area contributed by atoms with Crippen LogP contribution in [0.3, 0.4) is 0 Å². The number of thioether (sulfide) groups is 1. The maximum Gasteiger partial charge on any atom is 0.262 e. The average molecular weight is 495 g/mol. The summed E-state index contributed by atoms with van der Waals surface area (Å²) in [5.74, 6) is -0.0907. The molecule has 0 bridgehead atoms. The van der Waals surface area contributed by atoms with E-state index in [1.165, 1.54) is 24.0 Å². The number of hydrogen-bond acceptors (Lipinski definition) is 6. The highest BCUT2D eigenvalue weighted by Gasteiger charge is 2.20. The van der Waals surface area contributed by atoms with Crippen LogP contribution in [-0.4, -0.2) is 38.4 Å². The van der Waals surface area contributed by atoms with Crippen LogP contribution in [0.25, 0.3) is 10.9 Å².